The van der Waals surface area contributed by atoms with Crippen molar-refractivity contribution in [1.82, 2.24) is 10.6 Å². The highest BCUT2D eigenvalue weighted by molar-refractivity contribution is 5.99. The summed E-state index contributed by atoms with van der Waals surface area (Å²) in [5.41, 5.74) is -0.394. The molecule has 0 heterocycles. The maximum Gasteiger partial charge on any atom is 0.255 e. The third-order valence-corrected chi connectivity index (χ3v) is 2.47. The Morgan fingerprint density at radius 1 is 1.20 bits per heavy atom. The summed E-state index contributed by atoms with van der Waals surface area (Å²) in [6.45, 7) is 7.07. The number of phenols is 2. The SMILES string of the molecule is CC(NC(=O)c1ccc(O)cc1O)C(=O)NC(C)(C)C. The van der Waals surface area contributed by atoms with Crippen molar-refractivity contribution in [3.05, 3.63) is 23.8 Å². The average Bonchev–Trinajstić information content (AvgIpc) is 2.26. The number of nitrogens with one attached hydrogen (secondary N) is 2. The Hall–Kier alpha value is -2.24. The van der Waals surface area contributed by atoms with Crippen molar-refractivity contribution in [2.24, 2.45) is 0 Å². The van der Waals surface area contributed by atoms with Crippen LogP contribution in [0.15, 0.2) is 18.2 Å². The van der Waals surface area contributed by atoms with E-state index >= 15 is 0 Å². The van der Waals surface area contributed by atoms with Crippen LogP contribution in [-0.2, 0) is 4.79 Å². The largest absolute Gasteiger partial charge is 0.508 e. The molecule has 6 nitrogen and oxygen atoms in total. The van der Waals surface area contributed by atoms with Gasteiger partial charge in [0, 0.05) is 11.6 Å². The third-order valence-electron chi connectivity index (χ3n) is 2.47. The van der Waals surface area contributed by atoms with Crippen LogP contribution in [0, 0.1) is 0 Å². The van der Waals surface area contributed by atoms with Crippen LogP contribution in [0.1, 0.15) is 38.1 Å². The number of amides is 2. The van der Waals surface area contributed by atoms with Gasteiger partial charge in [-0.3, -0.25) is 9.59 Å². The topological polar surface area (TPSA) is 98.7 Å². The Balaban J connectivity index is 2.73. The fraction of sp³-hybridized carbons (Fsp3) is 0.429. The molecule has 0 aromatic heterocycles. The van der Waals surface area contributed by atoms with E-state index in [0.717, 1.165) is 6.07 Å². The van der Waals surface area contributed by atoms with Gasteiger partial charge in [-0.15, -0.1) is 0 Å². The van der Waals surface area contributed by atoms with Crippen molar-refractivity contribution in [3.63, 3.8) is 0 Å². The van der Waals surface area contributed by atoms with E-state index < -0.39 is 17.5 Å². The molecule has 4 N–H and O–H groups in total. The van der Waals surface area contributed by atoms with E-state index in [0.29, 0.717) is 0 Å². The number of carbonyl (C=O) groups excluding carboxylic acids is 2. The van der Waals surface area contributed by atoms with Gasteiger partial charge in [0.15, 0.2) is 0 Å². The number of hydrogen-bond donors (Lipinski definition) is 4. The smallest absolute Gasteiger partial charge is 0.255 e. The first-order chi connectivity index (χ1) is 9.10. The zero-order chi connectivity index (χ0) is 15.5. The molecule has 0 saturated carbocycles. The lowest BCUT2D eigenvalue weighted by atomic mass is 10.1. The van der Waals surface area contributed by atoms with Crippen LogP contribution in [-0.4, -0.2) is 33.6 Å². The molecule has 1 atom stereocenters. The zero-order valence-electron chi connectivity index (χ0n) is 12.0. The predicted octanol–water partition coefficient (Wildman–Crippen LogP) is 1.13. The number of phenolic OH excluding ortho intramolecular Hbond substituents is 2. The molecular formula is C14H20N2O4. The van der Waals surface area contributed by atoms with E-state index in [1.165, 1.54) is 12.1 Å². The highest BCUT2D eigenvalue weighted by Crippen LogP contribution is 2.22. The molecule has 0 bridgehead atoms. The lowest BCUT2D eigenvalue weighted by molar-refractivity contribution is -0.124. The van der Waals surface area contributed by atoms with Gasteiger partial charge in [-0.1, -0.05) is 0 Å². The van der Waals surface area contributed by atoms with Crippen LogP contribution in [0.3, 0.4) is 0 Å². The van der Waals surface area contributed by atoms with Crippen LogP contribution < -0.4 is 10.6 Å². The van der Waals surface area contributed by atoms with Crippen molar-refractivity contribution < 1.29 is 19.8 Å². The summed E-state index contributed by atoms with van der Waals surface area (Å²) in [6, 6.07) is 2.90. The summed E-state index contributed by atoms with van der Waals surface area (Å²) < 4.78 is 0. The molecule has 0 aliphatic heterocycles. The second-order valence-corrected chi connectivity index (χ2v) is 5.64. The number of aromatic hydroxyl groups is 2. The van der Waals surface area contributed by atoms with Crippen LogP contribution in [0.4, 0.5) is 0 Å². The molecule has 0 aliphatic rings. The minimum absolute atomic E-state index is 0.00166. The Morgan fingerprint density at radius 2 is 1.80 bits per heavy atom. The van der Waals surface area contributed by atoms with Gasteiger partial charge in [0.25, 0.3) is 5.91 Å². The van der Waals surface area contributed by atoms with Crippen LogP contribution in [0.5, 0.6) is 11.5 Å². The highest BCUT2D eigenvalue weighted by Gasteiger charge is 2.22. The normalized spacial score (nSPS) is 12.6. The Bertz CT molecular complexity index is 520. The van der Waals surface area contributed by atoms with Gasteiger partial charge in [-0.25, -0.2) is 0 Å². The maximum atomic E-state index is 11.9. The number of hydrogen-bond acceptors (Lipinski definition) is 4. The molecule has 20 heavy (non-hydrogen) atoms. The highest BCUT2D eigenvalue weighted by atomic mass is 16.3. The first kappa shape index (κ1) is 15.8. The second kappa shape index (κ2) is 5.81. The fourth-order valence-corrected chi connectivity index (χ4v) is 1.53. The molecule has 1 aromatic rings. The molecule has 1 aromatic carbocycles. The number of carbonyl (C=O) groups is 2. The van der Waals surface area contributed by atoms with E-state index in [1.54, 1.807) is 6.92 Å². The average molecular weight is 280 g/mol. The third kappa shape index (κ3) is 4.46. The van der Waals surface area contributed by atoms with Crippen LogP contribution >= 0.6 is 0 Å². The molecule has 0 radical (unpaired) electrons. The van der Waals surface area contributed by atoms with Crippen LogP contribution in [0.2, 0.25) is 0 Å². The molecule has 2 amide bonds. The molecule has 0 spiro atoms. The summed E-state index contributed by atoms with van der Waals surface area (Å²) in [6.07, 6.45) is 0. The molecule has 0 fully saturated rings. The van der Waals surface area contributed by atoms with E-state index in [9.17, 15) is 14.7 Å². The summed E-state index contributed by atoms with van der Waals surface area (Å²) >= 11 is 0. The van der Waals surface area contributed by atoms with E-state index in [2.05, 4.69) is 10.6 Å². The van der Waals surface area contributed by atoms with Crippen molar-refractivity contribution in [2.75, 3.05) is 0 Å². The first-order valence-electron chi connectivity index (χ1n) is 6.25. The quantitative estimate of drug-likeness (QED) is 0.667. The number of benzene rings is 1. The summed E-state index contributed by atoms with van der Waals surface area (Å²) in [5, 5.41) is 24.0. The van der Waals surface area contributed by atoms with Crippen LogP contribution in [0.25, 0.3) is 0 Å². The summed E-state index contributed by atoms with van der Waals surface area (Å²) in [4.78, 5) is 23.8. The Kier molecular flexibility index (Phi) is 4.60. The first-order valence-corrected chi connectivity index (χ1v) is 6.25. The van der Waals surface area contributed by atoms with Gasteiger partial charge in [0.2, 0.25) is 5.91 Å². The molecule has 1 rings (SSSR count). The van der Waals surface area contributed by atoms with Crippen molar-refractivity contribution >= 4 is 11.8 Å². The molecule has 110 valence electrons. The molecule has 1 unspecified atom stereocenters. The molecular weight excluding hydrogens is 260 g/mol. The summed E-state index contributed by atoms with van der Waals surface area (Å²) in [5.74, 6) is -1.38. The van der Waals surface area contributed by atoms with E-state index in [4.69, 9.17) is 5.11 Å². The Labute approximate surface area is 117 Å². The lowest BCUT2D eigenvalue weighted by Gasteiger charge is -2.23. The fourth-order valence-electron chi connectivity index (χ4n) is 1.53. The van der Waals surface area contributed by atoms with Gasteiger partial charge < -0.3 is 20.8 Å². The molecule has 0 aliphatic carbocycles. The predicted molar refractivity (Wildman–Crippen MR) is 74.6 cm³/mol. The minimum Gasteiger partial charge on any atom is -0.508 e. The van der Waals surface area contributed by atoms with Gasteiger partial charge in [0.1, 0.15) is 17.5 Å². The minimum atomic E-state index is -0.741. The zero-order valence-corrected chi connectivity index (χ0v) is 12.0. The van der Waals surface area contributed by atoms with Gasteiger partial charge in [0.05, 0.1) is 5.56 Å². The summed E-state index contributed by atoms with van der Waals surface area (Å²) in [7, 11) is 0. The molecule has 6 heteroatoms. The monoisotopic (exact) mass is 280 g/mol. The van der Waals surface area contributed by atoms with Gasteiger partial charge in [-0.2, -0.15) is 0 Å². The van der Waals surface area contributed by atoms with Crippen molar-refractivity contribution in [1.29, 1.82) is 0 Å². The standard InChI is InChI=1S/C14H20N2O4/c1-8(12(19)16-14(2,3)4)15-13(20)10-6-5-9(17)7-11(10)18/h5-8,17-18H,1-4H3,(H,15,20)(H,16,19). The lowest BCUT2D eigenvalue weighted by Crippen LogP contribution is -2.50. The maximum absolute atomic E-state index is 11.9. The Morgan fingerprint density at radius 3 is 2.30 bits per heavy atom. The van der Waals surface area contributed by atoms with E-state index in [-0.39, 0.29) is 23.0 Å². The molecule has 0 saturated heterocycles. The van der Waals surface area contributed by atoms with Crippen molar-refractivity contribution in [3.8, 4) is 11.5 Å². The second-order valence-electron chi connectivity index (χ2n) is 5.64. The van der Waals surface area contributed by atoms with E-state index in [1.807, 2.05) is 20.8 Å². The van der Waals surface area contributed by atoms with Crippen molar-refractivity contribution in [2.45, 2.75) is 39.3 Å². The van der Waals surface area contributed by atoms with Gasteiger partial charge in [-0.05, 0) is 39.8 Å². The van der Waals surface area contributed by atoms with Gasteiger partial charge >= 0.3 is 0 Å². The number of rotatable bonds is 3.